The number of esters is 1. The zero-order valence-electron chi connectivity index (χ0n) is 8.55. The third kappa shape index (κ3) is 5.36. The van der Waals surface area contributed by atoms with E-state index in [4.69, 9.17) is 4.74 Å². The first-order chi connectivity index (χ1) is 5.91. The van der Waals surface area contributed by atoms with Crippen LogP contribution in [0.4, 0.5) is 0 Å². The maximum atomic E-state index is 11.2. The van der Waals surface area contributed by atoms with Gasteiger partial charge in [0.05, 0.1) is 12.7 Å². The summed E-state index contributed by atoms with van der Waals surface area (Å²) in [6, 6.07) is 0. The fraction of sp³-hybridized carbons (Fsp3) is 0.778. The van der Waals surface area contributed by atoms with Crippen molar-refractivity contribution in [2.45, 2.75) is 32.3 Å². The molecule has 4 nitrogen and oxygen atoms in total. The van der Waals surface area contributed by atoms with Crippen LogP contribution >= 0.6 is 0 Å². The van der Waals surface area contributed by atoms with E-state index >= 15 is 0 Å². The van der Waals surface area contributed by atoms with Gasteiger partial charge in [-0.15, -0.1) is 0 Å². The highest BCUT2D eigenvalue weighted by molar-refractivity contribution is 5.95. The van der Waals surface area contributed by atoms with Crippen LogP contribution in [-0.2, 0) is 19.1 Å². The average Bonchev–Trinajstić information content (AvgIpc) is 2.03. The number of hydrogen-bond donors (Lipinski definition) is 0. The fourth-order valence-electron chi connectivity index (χ4n) is 0.843. The SMILES string of the molecule is COC(=O)CC(=O)CC(C)(C)OC. The summed E-state index contributed by atoms with van der Waals surface area (Å²) in [5.74, 6) is -0.671. The lowest BCUT2D eigenvalue weighted by Gasteiger charge is -2.21. The van der Waals surface area contributed by atoms with Gasteiger partial charge in [-0.2, -0.15) is 0 Å². The van der Waals surface area contributed by atoms with Crippen LogP contribution in [0.2, 0.25) is 0 Å². The predicted octanol–water partition coefficient (Wildman–Crippen LogP) is 0.934. The topological polar surface area (TPSA) is 52.6 Å². The Balaban J connectivity index is 3.94. The number of rotatable bonds is 5. The molecule has 0 unspecified atom stereocenters. The predicted molar refractivity (Wildman–Crippen MR) is 47.3 cm³/mol. The molecule has 13 heavy (non-hydrogen) atoms. The lowest BCUT2D eigenvalue weighted by Crippen LogP contribution is -2.27. The van der Waals surface area contributed by atoms with Gasteiger partial charge in [-0.1, -0.05) is 0 Å². The van der Waals surface area contributed by atoms with E-state index < -0.39 is 11.6 Å². The number of methoxy groups -OCH3 is 2. The van der Waals surface area contributed by atoms with Gasteiger partial charge in [0.1, 0.15) is 12.2 Å². The summed E-state index contributed by atoms with van der Waals surface area (Å²) < 4.78 is 9.42. The van der Waals surface area contributed by atoms with Crippen molar-refractivity contribution in [3.63, 3.8) is 0 Å². The molecule has 0 aliphatic rings. The van der Waals surface area contributed by atoms with Gasteiger partial charge < -0.3 is 9.47 Å². The molecule has 4 heteroatoms. The maximum absolute atomic E-state index is 11.2. The largest absolute Gasteiger partial charge is 0.469 e. The van der Waals surface area contributed by atoms with Crippen molar-refractivity contribution in [1.29, 1.82) is 0 Å². The molecule has 0 spiro atoms. The maximum Gasteiger partial charge on any atom is 0.313 e. The molecule has 0 aliphatic carbocycles. The first-order valence-corrected chi connectivity index (χ1v) is 4.05. The summed E-state index contributed by atoms with van der Waals surface area (Å²) in [6.07, 6.45) is 0.0435. The minimum Gasteiger partial charge on any atom is -0.469 e. The lowest BCUT2D eigenvalue weighted by molar-refractivity contribution is -0.144. The van der Waals surface area contributed by atoms with Gasteiger partial charge in [-0.25, -0.2) is 0 Å². The molecule has 0 fully saturated rings. The quantitative estimate of drug-likeness (QED) is 0.476. The number of ketones is 1. The molecule has 0 N–H and O–H groups in total. The van der Waals surface area contributed by atoms with Crippen molar-refractivity contribution in [1.82, 2.24) is 0 Å². The van der Waals surface area contributed by atoms with E-state index in [9.17, 15) is 9.59 Å². The summed E-state index contributed by atoms with van der Waals surface area (Å²) in [6.45, 7) is 3.59. The second-order valence-electron chi connectivity index (χ2n) is 3.43. The molecule has 0 atom stereocenters. The van der Waals surface area contributed by atoms with Crippen LogP contribution in [0, 0.1) is 0 Å². The number of ether oxygens (including phenoxy) is 2. The molecule has 0 rings (SSSR count). The standard InChI is InChI=1S/C9H16O4/c1-9(2,13-4)6-7(10)5-8(11)12-3/h5-6H2,1-4H3. The van der Waals surface area contributed by atoms with Crippen LogP contribution in [0.5, 0.6) is 0 Å². The average molecular weight is 188 g/mol. The summed E-state index contributed by atoms with van der Waals surface area (Å²) >= 11 is 0. The van der Waals surface area contributed by atoms with Crippen LogP contribution < -0.4 is 0 Å². The van der Waals surface area contributed by atoms with Crippen molar-refractivity contribution in [3.05, 3.63) is 0 Å². The Bertz CT molecular complexity index is 196. The van der Waals surface area contributed by atoms with Gasteiger partial charge in [0.2, 0.25) is 0 Å². The Hall–Kier alpha value is -0.900. The molecule has 0 saturated carbocycles. The molecule has 0 amide bonds. The fourth-order valence-corrected chi connectivity index (χ4v) is 0.843. The molecule has 0 bridgehead atoms. The number of hydrogen-bond acceptors (Lipinski definition) is 4. The van der Waals surface area contributed by atoms with Crippen LogP contribution in [0.15, 0.2) is 0 Å². The molecule has 0 heterocycles. The van der Waals surface area contributed by atoms with Crippen LogP contribution in [-0.4, -0.2) is 31.6 Å². The third-order valence-electron chi connectivity index (χ3n) is 1.74. The summed E-state index contributed by atoms with van der Waals surface area (Å²) in [7, 11) is 2.79. The Morgan fingerprint density at radius 1 is 1.23 bits per heavy atom. The van der Waals surface area contributed by atoms with Gasteiger partial charge in [0.25, 0.3) is 0 Å². The number of Topliss-reactive ketones (excluding diaryl/α,β-unsaturated/α-hetero) is 1. The van der Waals surface area contributed by atoms with Gasteiger partial charge in [-0.3, -0.25) is 9.59 Å². The van der Waals surface area contributed by atoms with E-state index in [2.05, 4.69) is 4.74 Å². The first kappa shape index (κ1) is 12.1. The Labute approximate surface area is 78.2 Å². The molecule has 0 aromatic heterocycles. The Kier molecular flexibility index (Phi) is 4.62. The summed E-state index contributed by atoms with van der Waals surface area (Å²) in [5.41, 5.74) is -0.509. The Morgan fingerprint density at radius 2 is 1.77 bits per heavy atom. The van der Waals surface area contributed by atoms with Crippen LogP contribution in [0.1, 0.15) is 26.7 Å². The second-order valence-corrected chi connectivity index (χ2v) is 3.43. The van der Waals surface area contributed by atoms with Crippen molar-refractivity contribution in [2.24, 2.45) is 0 Å². The molecule has 76 valence electrons. The van der Waals surface area contributed by atoms with E-state index in [1.165, 1.54) is 14.2 Å². The minimum absolute atomic E-state index is 0.168. The molecule has 0 aromatic carbocycles. The zero-order valence-corrected chi connectivity index (χ0v) is 8.55. The molecule has 0 saturated heterocycles. The van der Waals surface area contributed by atoms with Crippen molar-refractivity contribution < 1.29 is 19.1 Å². The zero-order chi connectivity index (χ0) is 10.5. The van der Waals surface area contributed by atoms with Crippen LogP contribution in [0.3, 0.4) is 0 Å². The van der Waals surface area contributed by atoms with E-state index in [1.54, 1.807) is 13.8 Å². The van der Waals surface area contributed by atoms with Gasteiger partial charge >= 0.3 is 5.97 Å². The highest BCUT2D eigenvalue weighted by Crippen LogP contribution is 2.14. The van der Waals surface area contributed by atoms with E-state index in [1.807, 2.05) is 0 Å². The number of carbonyl (C=O) groups excluding carboxylic acids is 2. The van der Waals surface area contributed by atoms with Crippen molar-refractivity contribution in [3.8, 4) is 0 Å². The Morgan fingerprint density at radius 3 is 2.15 bits per heavy atom. The van der Waals surface area contributed by atoms with Gasteiger partial charge in [0, 0.05) is 13.5 Å². The molecular weight excluding hydrogens is 172 g/mol. The van der Waals surface area contributed by atoms with E-state index in [0.29, 0.717) is 0 Å². The van der Waals surface area contributed by atoms with Gasteiger partial charge in [-0.05, 0) is 13.8 Å². The summed E-state index contributed by atoms with van der Waals surface area (Å²) in [4.78, 5) is 21.9. The second kappa shape index (κ2) is 4.97. The molecule has 0 aliphatic heterocycles. The highest BCUT2D eigenvalue weighted by atomic mass is 16.5. The summed E-state index contributed by atoms with van der Waals surface area (Å²) in [5, 5.41) is 0. The monoisotopic (exact) mass is 188 g/mol. The normalized spacial score (nSPS) is 11.1. The van der Waals surface area contributed by atoms with Crippen LogP contribution in [0.25, 0.3) is 0 Å². The first-order valence-electron chi connectivity index (χ1n) is 4.05. The van der Waals surface area contributed by atoms with E-state index in [-0.39, 0.29) is 18.6 Å². The third-order valence-corrected chi connectivity index (χ3v) is 1.74. The van der Waals surface area contributed by atoms with Gasteiger partial charge in [0.15, 0.2) is 0 Å². The molecule has 0 aromatic rings. The number of carbonyl (C=O) groups is 2. The molecular formula is C9H16O4. The van der Waals surface area contributed by atoms with Crippen molar-refractivity contribution in [2.75, 3.05) is 14.2 Å². The van der Waals surface area contributed by atoms with E-state index in [0.717, 1.165) is 0 Å². The van der Waals surface area contributed by atoms with Crippen molar-refractivity contribution >= 4 is 11.8 Å². The molecule has 0 radical (unpaired) electrons. The highest BCUT2D eigenvalue weighted by Gasteiger charge is 2.22. The smallest absolute Gasteiger partial charge is 0.313 e. The lowest BCUT2D eigenvalue weighted by atomic mass is 10.0. The minimum atomic E-state index is -0.509.